The highest BCUT2D eigenvalue weighted by molar-refractivity contribution is 5.91. The Labute approximate surface area is 170 Å². The third kappa shape index (κ3) is 5.25. The zero-order valence-corrected chi connectivity index (χ0v) is 17.3. The second-order valence-electron chi connectivity index (χ2n) is 8.35. The van der Waals surface area contributed by atoms with Crippen LogP contribution in [0.25, 0.3) is 10.8 Å². The molecule has 7 nitrogen and oxygen atoms in total. The first-order chi connectivity index (χ1) is 13.6. The molecule has 2 aromatic rings. The van der Waals surface area contributed by atoms with Crippen molar-refractivity contribution < 1.29 is 19.1 Å². The van der Waals surface area contributed by atoms with Gasteiger partial charge in [-0.05, 0) is 37.1 Å². The van der Waals surface area contributed by atoms with Gasteiger partial charge < -0.3 is 15.0 Å². The minimum atomic E-state index is -0.697. The summed E-state index contributed by atoms with van der Waals surface area (Å²) in [6.45, 7) is 5.11. The van der Waals surface area contributed by atoms with Gasteiger partial charge in [0.05, 0.1) is 6.67 Å². The van der Waals surface area contributed by atoms with Crippen LogP contribution in [0.4, 0.5) is 4.79 Å². The SMILES string of the molecule is CN1CN(CC(=O)OC(C)(C)C)C(=O)N[C@@H](Cc2ccc3ccccc3c2)C1=O. The Morgan fingerprint density at radius 2 is 1.83 bits per heavy atom. The number of amides is 3. The summed E-state index contributed by atoms with van der Waals surface area (Å²) in [5, 5.41) is 4.96. The number of fused-ring (bicyclic) bond motifs is 1. The molecule has 0 saturated carbocycles. The summed E-state index contributed by atoms with van der Waals surface area (Å²) in [7, 11) is 1.62. The summed E-state index contributed by atoms with van der Waals surface area (Å²) in [5.74, 6) is -0.709. The molecule has 1 heterocycles. The maximum absolute atomic E-state index is 12.8. The van der Waals surface area contributed by atoms with Crippen molar-refractivity contribution in [1.82, 2.24) is 15.1 Å². The first kappa shape index (κ1) is 20.6. The zero-order chi connectivity index (χ0) is 21.2. The molecule has 3 amide bonds. The summed E-state index contributed by atoms with van der Waals surface area (Å²) in [6.07, 6.45) is 0.375. The van der Waals surface area contributed by atoms with Crippen LogP contribution in [0.3, 0.4) is 0 Å². The molecule has 29 heavy (non-hydrogen) atoms. The lowest BCUT2D eigenvalue weighted by Crippen LogP contribution is -2.47. The summed E-state index contributed by atoms with van der Waals surface area (Å²) in [6, 6.07) is 12.8. The molecule has 1 atom stereocenters. The molecule has 1 N–H and O–H groups in total. The molecule has 0 unspecified atom stereocenters. The van der Waals surface area contributed by atoms with Crippen molar-refractivity contribution in [2.45, 2.75) is 38.8 Å². The Balaban J connectivity index is 1.73. The number of hydrogen-bond donors (Lipinski definition) is 1. The van der Waals surface area contributed by atoms with Crippen LogP contribution in [0, 0.1) is 0 Å². The normalized spacial score (nSPS) is 17.9. The van der Waals surface area contributed by atoms with E-state index in [0.717, 1.165) is 16.3 Å². The van der Waals surface area contributed by atoms with Crippen LogP contribution >= 0.6 is 0 Å². The Morgan fingerprint density at radius 3 is 2.52 bits per heavy atom. The van der Waals surface area contributed by atoms with Crippen LogP contribution in [0.15, 0.2) is 42.5 Å². The van der Waals surface area contributed by atoms with E-state index in [-0.39, 0.29) is 19.1 Å². The molecule has 0 spiro atoms. The molecule has 1 aliphatic heterocycles. The van der Waals surface area contributed by atoms with Crippen molar-refractivity contribution in [3.8, 4) is 0 Å². The van der Waals surface area contributed by atoms with Gasteiger partial charge in [-0.15, -0.1) is 0 Å². The van der Waals surface area contributed by atoms with E-state index < -0.39 is 23.6 Å². The lowest BCUT2D eigenvalue weighted by molar-refractivity contribution is -0.156. The van der Waals surface area contributed by atoms with Gasteiger partial charge in [0.25, 0.3) is 0 Å². The second kappa shape index (κ2) is 8.11. The third-order valence-corrected chi connectivity index (χ3v) is 4.64. The number of ether oxygens (including phenoxy) is 1. The van der Waals surface area contributed by atoms with Crippen LogP contribution in [-0.2, 0) is 20.7 Å². The summed E-state index contributed by atoms with van der Waals surface area (Å²) in [5.41, 5.74) is 0.316. The second-order valence-corrected chi connectivity index (χ2v) is 8.35. The molecule has 2 aromatic carbocycles. The molecular weight excluding hydrogens is 370 g/mol. The number of nitrogens with zero attached hydrogens (tertiary/aromatic N) is 2. The first-order valence-corrected chi connectivity index (χ1v) is 9.62. The van der Waals surface area contributed by atoms with Crippen LogP contribution in [0.1, 0.15) is 26.3 Å². The van der Waals surface area contributed by atoms with Crippen molar-refractivity contribution in [3.63, 3.8) is 0 Å². The van der Waals surface area contributed by atoms with Gasteiger partial charge in [-0.2, -0.15) is 0 Å². The predicted octanol–water partition coefficient (Wildman–Crippen LogP) is 2.53. The van der Waals surface area contributed by atoms with Crippen molar-refractivity contribution in [2.75, 3.05) is 20.3 Å². The molecule has 0 bridgehead atoms. The number of hydrogen-bond acceptors (Lipinski definition) is 4. The van der Waals surface area contributed by atoms with Gasteiger partial charge in [-0.25, -0.2) is 4.79 Å². The topological polar surface area (TPSA) is 79.0 Å². The van der Waals surface area contributed by atoms with E-state index in [1.54, 1.807) is 27.8 Å². The quantitative estimate of drug-likeness (QED) is 0.804. The Hall–Kier alpha value is -3.09. The van der Waals surface area contributed by atoms with Crippen LogP contribution in [-0.4, -0.2) is 59.6 Å². The average molecular weight is 397 g/mol. The van der Waals surface area contributed by atoms with Gasteiger partial charge in [0.15, 0.2) is 0 Å². The number of carbonyl (C=O) groups excluding carboxylic acids is 3. The van der Waals surface area contributed by atoms with Crippen molar-refractivity contribution >= 4 is 28.7 Å². The first-order valence-electron chi connectivity index (χ1n) is 9.62. The number of likely N-dealkylation sites (N-methyl/N-ethyl adjacent to an activating group) is 1. The molecule has 7 heteroatoms. The average Bonchev–Trinajstić information content (AvgIpc) is 2.72. The fourth-order valence-corrected chi connectivity index (χ4v) is 3.35. The van der Waals surface area contributed by atoms with Crippen molar-refractivity contribution in [3.05, 3.63) is 48.0 Å². The van der Waals surface area contributed by atoms with E-state index in [0.29, 0.717) is 6.42 Å². The maximum Gasteiger partial charge on any atom is 0.326 e. The van der Waals surface area contributed by atoms with Gasteiger partial charge in [0.1, 0.15) is 18.2 Å². The van der Waals surface area contributed by atoms with Crippen molar-refractivity contribution in [1.29, 1.82) is 0 Å². The van der Waals surface area contributed by atoms with Crippen LogP contribution < -0.4 is 5.32 Å². The van der Waals surface area contributed by atoms with Gasteiger partial charge in [-0.3, -0.25) is 14.5 Å². The Bertz CT molecular complexity index is 935. The van der Waals surface area contributed by atoms with Crippen molar-refractivity contribution in [2.24, 2.45) is 0 Å². The number of rotatable bonds is 4. The number of nitrogens with one attached hydrogen (secondary N) is 1. The predicted molar refractivity (Wildman–Crippen MR) is 110 cm³/mol. The molecule has 154 valence electrons. The number of benzene rings is 2. The Kier molecular flexibility index (Phi) is 5.77. The molecule has 3 rings (SSSR count). The summed E-state index contributed by atoms with van der Waals surface area (Å²) >= 11 is 0. The fourth-order valence-electron chi connectivity index (χ4n) is 3.35. The van der Waals surface area contributed by atoms with Gasteiger partial charge in [-0.1, -0.05) is 42.5 Å². The molecule has 0 aromatic heterocycles. The van der Waals surface area contributed by atoms with E-state index >= 15 is 0 Å². The van der Waals surface area contributed by atoms with Crippen LogP contribution in [0.2, 0.25) is 0 Å². The molecule has 0 radical (unpaired) electrons. The largest absolute Gasteiger partial charge is 0.459 e. The van der Waals surface area contributed by atoms with Crippen LogP contribution in [0.5, 0.6) is 0 Å². The third-order valence-electron chi connectivity index (χ3n) is 4.64. The molecule has 1 aliphatic rings. The zero-order valence-electron chi connectivity index (χ0n) is 17.3. The van der Waals surface area contributed by atoms with E-state index in [2.05, 4.69) is 5.32 Å². The number of urea groups is 1. The van der Waals surface area contributed by atoms with E-state index in [1.165, 1.54) is 9.80 Å². The number of carbonyl (C=O) groups is 3. The Morgan fingerprint density at radius 1 is 1.14 bits per heavy atom. The smallest absolute Gasteiger partial charge is 0.326 e. The summed E-state index contributed by atoms with van der Waals surface area (Å²) < 4.78 is 5.29. The van der Waals surface area contributed by atoms with Gasteiger partial charge in [0.2, 0.25) is 5.91 Å². The molecular formula is C22H27N3O4. The molecule has 1 saturated heterocycles. The van der Waals surface area contributed by atoms with E-state index in [9.17, 15) is 14.4 Å². The fraction of sp³-hybridized carbons (Fsp3) is 0.409. The highest BCUT2D eigenvalue weighted by Gasteiger charge is 2.33. The molecule has 0 aliphatic carbocycles. The summed E-state index contributed by atoms with van der Waals surface area (Å²) in [4.78, 5) is 40.3. The lowest BCUT2D eigenvalue weighted by Gasteiger charge is -2.25. The monoisotopic (exact) mass is 397 g/mol. The van der Waals surface area contributed by atoms with E-state index in [1.807, 2.05) is 42.5 Å². The standard InChI is InChI=1S/C22H27N3O4/c1-22(2,3)29-19(26)13-25-14-24(4)20(27)18(23-21(25)28)12-15-9-10-16-7-5-6-8-17(16)11-15/h5-11,18H,12-14H2,1-4H3,(H,23,28)/t18-/m0/s1. The highest BCUT2D eigenvalue weighted by atomic mass is 16.6. The highest BCUT2D eigenvalue weighted by Crippen LogP contribution is 2.18. The molecule has 1 fully saturated rings. The van der Waals surface area contributed by atoms with Gasteiger partial charge >= 0.3 is 12.0 Å². The maximum atomic E-state index is 12.8. The van der Waals surface area contributed by atoms with Gasteiger partial charge in [0, 0.05) is 13.5 Å². The number of esters is 1. The minimum Gasteiger partial charge on any atom is -0.459 e. The van der Waals surface area contributed by atoms with E-state index in [4.69, 9.17) is 4.74 Å². The minimum absolute atomic E-state index is 0.0259. The lowest BCUT2D eigenvalue weighted by atomic mass is 10.0.